The van der Waals surface area contributed by atoms with E-state index in [-0.39, 0.29) is 5.82 Å². The lowest BCUT2D eigenvalue weighted by Gasteiger charge is -2.10. The minimum Gasteiger partial charge on any atom is -0.365 e. The molecule has 0 amide bonds. The Morgan fingerprint density at radius 1 is 1.50 bits per heavy atom. The average Bonchev–Trinajstić information content (AvgIpc) is 2.79. The summed E-state index contributed by atoms with van der Waals surface area (Å²) in [5.74, 6) is -0.333. The second kappa shape index (κ2) is 4.73. The van der Waals surface area contributed by atoms with Crippen molar-refractivity contribution in [3.05, 3.63) is 46.7 Å². The molecule has 16 heavy (non-hydrogen) atoms. The fourth-order valence-electron chi connectivity index (χ4n) is 1.28. The summed E-state index contributed by atoms with van der Waals surface area (Å²) in [6.45, 7) is 0. The predicted molar refractivity (Wildman–Crippen MR) is 60.5 cm³/mol. The highest BCUT2D eigenvalue weighted by atomic mass is 32.1. The van der Waals surface area contributed by atoms with Crippen molar-refractivity contribution < 1.29 is 4.39 Å². The number of benzene rings is 1. The standard InChI is InChI=1S/C11H8FN3S/c12-8-2-1-3-9(4-8)15-10(5-13)11-6-16-7-14-11/h1-4,6-7,10,15H. The Morgan fingerprint density at radius 3 is 3.00 bits per heavy atom. The van der Waals surface area contributed by atoms with Crippen LogP contribution in [0.15, 0.2) is 35.2 Å². The van der Waals surface area contributed by atoms with E-state index in [1.807, 2.05) is 0 Å². The molecule has 2 aromatic rings. The Hall–Kier alpha value is -1.93. The second-order valence-corrected chi connectivity index (χ2v) is 3.85. The lowest BCUT2D eigenvalue weighted by molar-refractivity contribution is 0.628. The van der Waals surface area contributed by atoms with Crippen LogP contribution in [0.25, 0.3) is 0 Å². The number of nitrogens with one attached hydrogen (secondary N) is 1. The summed E-state index contributed by atoms with van der Waals surface area (Å²) in [5, 5.41) is 13.7. The first-order valence-corrected chi connectivity index (χ1v) is 5.53. The maximum Gasteiger partial charge on any atom is 0.158 e. The number of aromatic nitrogens is 1. The number of nitriles is 1. The normalized spacial score (nSPS) is 11.8. The molecule has 0 aliphatic rings. The van der Waals surface area contributed by atoms with Gasteiger partial charge >= 0.3 is 0 Å². The molecule has 1 atom stereocenters. The molecule has 0 fully saturated rings. The van der Waals surface area contributed by atoms with Crippen molar-refractivity contribution in [2.75, 3.05) is 5.32 Å². The van der Waals surface area contributed by atoms with Gasteiger partial charge in [-0.05, 0) is 18.2 Å². The van der Waals surface area contributed by atoms with Crippen LogP contribution in [0.4, 0.5) is 10.1 Å². The summed E-state index contributed by atoms with van der Waals surface area (Å²) in [5.41, 5.74) is 2.88. The summed E-state index contributed by atoms with van der Waals surface area (Å²) in [4.78, 5) is 4.05. The number of anilines is 1. The third-order valence-electron chi connectivity index (χ3n) is 2.01. The number of halogens is 1. The van der Waals surface area contributed by atoms with E-state index in [4.69, 9.17) is 5.26 Å². The molecule has 80 valence electrons. The van der Waals surface area contributed by atoms with Crippen molar-refractivity contribution in [1.29, 1.82) is 5.26 Å². The van der Waals surface area contributed by atoms with E-state index in [1.54, 1.807) is 23.0 Å². The second-order valence-electron chi connectivity index (χ2n) is 3.13. The Balaban J connectivity index is 2.17. The van der Waals surface area contributed by atoms with Gasteiger partial charge in [0.05, 0.1) is 17.3 Å². The number of thiazole rings is 1. The lowest BCUT2D eigenvalue weighted by Crippen LogP contribution is -2.08. The monoisotopic (exact) mass is 233 g/mol. The van der Waals surface area contributed by atoms with Gasteiger partial charge in [-0.3, -0.25) is 0 Å². The van der Waals surface area contributed by atoms with Gasteiger partial charge in [0.25, 0.3) is 0 Å². The van der Waals surface area contributed by atoms with Crippen LogP contribution in [0, 0.1) is 17.1 Å². The minimum absolute atomic E-state index is 0.333. The zero-order valence-electron chi connectivity index (χ0n) is 8.22. The molecule has 0 aliphatic carbocycles. The number of nitrogens with zero attached hydrogens (tertiary/aromatic N) is 2. The quantitative estimate of drug-likeness (QED) is 0.886. The first-order chi connectivity index (χ1) is 7.79. The van der Waals surface area contributed by atoms with Crippen LogP contribution < -0.4 is 5.32 Å². The summed E-state index contributed by atoms with van der Waals surface area (Å²) in [6.07, 6.45) is 0. The summed E-state index contributed by atoms with van der Waals surface area (Å²) >= 11 is 1.42. The van der Waals surface area contributed by atoms with E-state index >= 15 is 0 Å². The Morgan fingerprint density at radius 2 is 2.38 bits per heavy atom. The van der Waals surface area contributed by atoms with Gasteiger partial charge < -0.3 is 5.32 Å². The zero-order valence-corrected chi connectivity index (χ0v) is 9.04. The van der Waals surface area contributed by atoms with Crippen molar-refractivity contribution in [3.63, 3.8) is 0 Å². The fraction of sp³-hybridized carbons (Fsp3) is 0.0909. The van der Waals surface area contributed by atoms with Gasteiger partial charge in [-0.25, -0.2) is 9.37 Å². The topological polar surface area (TPSA) is 48.7 Å². The van der Waals surface area contributed by atoms with Gasteiger partial charge in [0.15, 0.2) is 6.04 Å². The fourth-order valence-corrected chi connectivity index (χ4v) is 1.86. The molecule has 5 heteroatoms. The van der Waals surface area contributed by atoms with E-state index < -0.39 is 6.04 Å². The van der Waals surface area contributed by atoms with Crippen molar-refractivity contribution in [1.82, 2.24) is 4.98 Å². The van der Waals surface area contributed by atoms with E-state index in [1.165, 1.54) is 23.5 Å². The molecule has 1 aromatic carbocycles. The molecule has 2 rings (SSSR count). The van der Waals surface area contributed by atoms with E-state index in [0.717, 1.165) is 0 Å². The highest BCUT2D eigenvalue weighted by Crippen LogP contribution is 2.19. The van der Waals surface area contributed by atoms with E-state index in [9.17, 15) is 4.39 Å². The van der Waals surface area contributed by atoms with Gasteiger partial charge in [-0.1, -0.05) is 6.07 Å². The molecule has 0 saturated heterocycles. The van der Waals surface area contributed by atoms with Gasteiger partial charge in [0.2, 0.25) is 0 Å². The molecule has 0 aliphatic heterocycles. The zero-order chi connectivity index (χ0) is 11.4. The Bertz CT molecular complexity index is 504. The smallest absolute Gasteiger partial charge is 0.158 e. The average molecular weight is 233 g/mol. The van der Waals surface area contributed by atoms with Gasteiger partial charge in [0.1, 0.15) is 5.82 Å². The van der Waals surface area contributed by atoms with E-state index in [2.05, 4.69) is 16.4 Å². The van der Waals surface area contributed by atoms with Gasteiger partial charge in [-0.2, -0.15) is 5.26 Å². The molecule has 1 heterocycles. The number of hydrogen-bond acceptors (Lipinski definition) is 4. The lowest BCUT2D eigenvalue weighted by atomic mass is 10.2. The maximum absolute atomic E-state index is 12.9. The van der Waals surface area contributed by atoms with Crippen molar-refractivity contribution in [2.45, 2.75) is 6.04 Å². The minimum atomic E-state index is -0.548. The summed E-state index contributed by atoms with van der Waals surface area (Å²) in [7, 11) is 0. The summed E-state index contributed by atoms with van der Waals surface area (Å²) in [6, 6.07) is 7.53. The van der Waals surface area contributed by atoms with Crippen LogP contribution in [-0.4, -0.2) is 4.98 Å². The van der Waals surface area contributed by atoms with Crippen LogP contribution in [0.2, 0.25) is 0 Å². The molecule has 3 nitrogen and oxygen atoms in total. The number of hydrogen-bond donors (Lipinski definition) is 1. The van der Waals surface area contributed by atoms with Gasteiger partial charge in [0, 0.05) is 11.1 Å². The molecule has 1 unspecified atom stereocenters. The molecule has 0 saturated carbocycles. The Kier molecular flexibility index (Phi) is 3.13. The summed E-state index contributed by atoms with van der Waals surface area (Å²) < 4.78 is 12.9. The maximum atomic E-state index is 12.9. The highest BCUT2D eigenvalue weighted by molar-refractivity contribution is 7.07. The molecular weight excluding hydrogens is 225 g/mol. The van der Waals surface area contributed by atoms with Crippen LogP contribution in [0.5, 0.6) is 0 Å². The van der Waals surface area contributed by atoms with Crippen LogP contribution in [0.1, 0.15) is 11.7 Å². The SMILES string of the molecule is N#CC(Nc1cccc(F)c1)c1cscn1. The van der Waals surface area contributed by atoms with Crippen molar-refractivity contribution in [2.24, 2.45) is 0 Å². The number of rotatable bonds is 3. The van der Waals surface area contributed by atoms with E-state index in [0.29, 0.717) is 11.4 Å². The highest BCUT2D eigenvalue weighted by Gasteiger charge is 2.12. The third-order valence-corrected chi connectivity index (χ3v) is 2.62. The molecule has 0 bridgehead atoms. The molecular formula is C11H8FN3S. The third kappa shape index (κ3) is 2.35. The van der Waals surface area contributed by atoms with Crippen molar-refractivity contribution >= 4 is 17.0 Å². The first-order valence-electron chi connectivity index (χ1n) is 4.59. The van der Waals surface area contributed by atoms with Crippen LogP contribution in [-0.2, 0) is 0 Å². The molecule has 0 radical (unpaired) electrons. The molecule has 1 N–H and O–H groups in total. The molecule has 1 aromatic heterocycles. The largest absolute Gasteiger partial charge is 0.365 e. The first kappa shape index (κ1) is 10.6. The van der Waals surface area contributed by atoms with Crippen LogP contribution in [0.3, 0.4) is 0 Å². The Labute approximate surface area is 96.2 Å². The van der Waals surface area contributed by atoms with Crippen LogP contribution >= 0.6 is 11.3 Å². The van der Waals surface area contributed by atoms with Crippen molar-refractivity contribution in [3.8, 4) is 6.07 Å². The van der Waals surface area contributed by atoms with Gasteiger partial charge in [-0.15, -0.1) is 11.3 Å². The predicted octanol–water partition coefficient (Wildman–Crippen LogP) is 2.96. The molecule has 0 spiro atoms.